The zero-order valence-corrected chi connectivity index (χ0v) is 17.2. The van der Waals surface area contributed by atoms with Gasteiger partial charge in [-0.15, -0.1) is 11.3 Å². The number of halogens is 2. The third-order valence-electron chi connectivity index (χ3n) is 4.40. The Morgan fingerprint density at radius 2 is 2.04 bits per heavy atom. The standard InChI is InChI=1S/C19H26ClFO3S/c1-11-13(15(17(22)24-21)23-18(2,3)4)14(16(20)25-11)12-7-9-19(5,6)10-8-12/h7,15H,8-10H2,1-6H3. The Kier molecular flexibility index (Phi) is 6.02. The van der Waals surface area contributed by atoms with Gasteiger partial charge >= 0.3 is 5.97 Å². The largest absolute Gasteiger partial charge is 0.381 e. The van der Waals surface area contributed by atoms with E-state index in [4.69, 9.17) is 16.3 Å². The Bertz CT molecular complexity index is 686. The molecule has 0 spiro atoms. The highest BCUT2D eigenvalue weighted by molar-refractivity contribution is 7.16. The molecule has 140 valence electrons. The fraction of sp³-hybridized carbons (Fsp3) is 0.632. The monoisotopic (exact) mass is 388 g/mol. The summed E-state index contributed by atoms with van der Waals surface area (Å²) in [4.78, 5) is 16.5. The molecule has 1 aromatic rings. The van der Waals surface area contributed by atoms with Crippen LogP contribution >= 0.6 is 22.9 Å². The van der Waals surface area contributed by atoms with E-state index in [2.05, 4.69) is 24.9 Å². The number of carbonyl (C=O) groups is 1. The van der Waals surface area contributed by atoms with Crippen molar-refractivity contribution in [1.29, 1.82) is 0 Å². The maximum Gasteiger partial charge on any atom is 0.381 e. The molecule has 0 radical (unpaired) electrons. The molecule has 25 heavy (non-hydrogen) atoms. The number of carbonyl (C=O) groups excluding carboxylic acids is 1. The van der Waals surface area contributed by atoms with E-state index in [1.165, 1.54) is 11.3 Å². The second-order valence-corrected chi connectivity index (χ2v) is 10.2. The first kappa shape index (κ1) is 20.4. The van der Waals surface area contributed by atoms with Gasteiger partial charge in [0.05, 0.1) is 5.60 Å². The molecule has 6 heteroatoms. The van der Waals surface area contributed by atoms with Crippen molar-refractivity contribution in [2.24, 2.45) is 5.41 Å². The van der Waals surface area contributed by atoms with Gasteiger partial charge in [0.15, 0.2) is 6.10 Å². The van der Waals surface area contributed by atoms with Gasteiger partial charge in [0.1, 0.15) is 4.34 Å². The van der Waals surface area contributed by atoms with Gasteiger partial charge in [-0.25, -0.2) is 4.79 Å². The molecule has 1 aliphatic carbocycles. The summed E-state index contributed by atoms with van der Waals surface area (Å²) in [7, 11) is 0. The molecule has 0 aromatic carbocycles. The fourth-order valence-electron chi connectivity index (χ4n) is 3.06. The minimum absolute atomic E-state index is 0.250. The Labute approximate surface area is 158 Å². The molecule has 0 amide bonds. The highest BCUT2D eigenvalue weighted by atomic mass is 35.5. The van der Waals surface area contributed by atoms with E-state index in [1.807, 2.05) is 27.7 Å². The summed E-state index contributed by atoms with van der Waals surface area (Å²) in [6, 6.07) is 0. The summed E-state index contributed by atoms with van der Waals surface area (Å²) in [6.45, 7) is 11.8. The fourth-order valence-corrected chi connectivity index (χ4v) is 4.56. The zero-order valence-electron chi connectivity index (χ0n) is 15.7. The van der Waals surface area contributed by atoms with Gasteiger partial charge in [-0.2, -0.15) is 0 Å². The van der Waals surface area contributed by atoms with Crippen LogP contribution in [0.4, 0.5) is 4.53 Å². The highest BCUT2D eigenvalue weighted by Crippen LogP contribution is 2.47. The quantitative estimate of drug-likeness (QED) is 0.583. The van der Waals surface area contributed by atoms with Crippen LogP contribution in [-0.2, 0) is 14.5 Å². The number of aryl methyl sites for hydroxylation is 1. The molecule has 0 fully saturated rings. The Morgan fingerprint density at radius 3 is 2.52 bits per heavy atom. The SMILES string of the molecule is Cc1sc(Cl)c(C2=CCC(C)(C)CC2)c1C(OC(C)(C)C)C(=O)OF. The van der Waals surface area contributed by atoms with E-state index in [-0.39, 0.29) is 5.41 Å². The lowest BCUT2D eigenvalue weighted by Gasteiger charge is -2.30. The predicted octanol–water partition coefficient (Wildman–Crippen LogP) is 6.59. The van der Waals surface area contributed by atoms with Crippen molar-refractivity contribution in [3.05, 3.63) is 26.4 Å². The van der Waals surface area contributed by atoms with Crippen molar-refractivity contribution in [3.8, 4) is 0 Å². The van der Waals surface area contributed by atoms with E-state index < -0.39 is 17.7 Å². The van der Waals surface area contributed by atoms with Crippen LogP contribution in [0.15, 0.2) is 6.08 Å². The van der Waals surface area contributed by atoms with Crippen LogP contribution < -0.4 is 0 Å². The predicted molar refractivity (Wildman–Crippen MR) is 100 cm³/mol. The number of thiophene rings is 1. The van der Waals surface area contributed by atoms with E-state index >= 15 is 0 Å². The molecular formula is C19H26ClFO3S. The summed E-state index contributed by atoms with van der Waals surface area (Å²) in [5, 5.41) is 0. The van der Waals surface area contributed by atoms with Crippen LogP contribution in [-0.4, -0.2) is 11.6 Å². The lowest BCUT2D eigenvalue weighted by Crippen LogP contribution is -2.28. The van der Waals surface area contributed by atoms with Gasteiger partial charge in [0.2, 0.25) is 0 Å². The molecule has 3 nitrogen and oxygen atoms in total. The molecule has 0 saturated carbocycles. The van der Waals surface area contributed by atoms with Gasteiger partial charge in [0, 0.05) is 20.5 Å². The molecule has 2 rings (SSSR count). The second-order valence-electron chi connectivity index (χ2n) is 8.32. The van der Waals surface area contributed by atoms with Crippen LogP contribution in [0.5, 0.6) is 0 Å². The lowest BCUT2D eigenvalue weighted by molar-refractivity contribution is -0.205. The number of allylic oxidation sites excluding steroid dienone is 2. The van der Waals surface area contributed by atoms with Crippen molar-refractivity contribution >= 4 is 34.5 Å². The minimum Gasteiger partial charge on any atom is -0.356 e. The number of hydrogen-bond acceptors (Lipinski definition) is 4. The first-order valence-electron chi connectivity index (χ1n) is 8.43. The molecule has 0 aliphatic heterocycles. The number of ether oxygens (including phenoxy) is 1. The molecule has 0 saturated heterocycles. The molecule has 1 atom stereocenters. The average Bonchev–Trinajstić information content (AvgIpc) is 2.77. The molecular weight excluding hydrogens is 363 g/mol. The summed E-state index contributed by atoms with van der Waals surface area (Å²) in [6.07, 6.45) is 3.87. The van der Waals surface area contributed by atoms with Gasteiger partial charge in [-0.3, -0.25) is 4.94 Å². The van der Waals surface area contributed by atoms with Gasteiger partial charge in [-0.05, 0) is 57.9 Å². The van der Waals surface area contributed by atoms with Crippen molar-refractivity contribution in [3.63, 3.8) is 0 Å². The van der Waals surface area contributed by atoms with Crippen LogP contribution in [0, 0.1) is 12.3 Å². The van der Waals surface area contributed by atoms with Crippen molar-refractivity contribution in [2.75, 3.05) is 0 Å². The van der Waals surface area contributed by atoms with E-state index in [1.54, 1.807) is 0 Å². The highest BCUT2D eigenvalue weighted by Gasteiger charge is 2.36. The van der Waals surface area contributed by atoms with Gasteiger partial charge in [-0.1, -0.05) is 31.5 Å². The molecule has 1 aromatic heterocycles. The van der Waals surface area contributed by atoms with Crippen LogP contribution in [0.3, 0.4) is 0 Å². The summed E-state index contributed by atoms with van der Waals surface area (Å²) in [5.41, 5.74) is 2.14. The second kappa shape index (κ2) is 7.37. The topological polar surface area (TPSA) is 35.5 Å². The molecule has 0 bridgehead atoms. The van der Waals surface area contributed by atoms with Crippen LogP contribution in [0.25, 0.3) is 5.57 Å². The van der Waals surface area contributed by atoms with Gasteiger partial charge in [0.25, 0.3) is 0 Å². The Balaban J connectivity index is 2.53. The number of hydrogen-bond donors (Lipinski definition) is 0. The van der Waals surface area contributed by atoms with Gasteiger partial charge < -0.3 is 4.74 Å². The summed E-state index contributed by atoms with van der Waals surface area (Å²) in [5.74, 6) is -1.05. The van der Waals surface area contributed by atoms with Crippen molar-refractivity contribution in [2.45, 2.75) is 72.5 Å². The lowest BCUT2D eigenvalue weighted by atomic mass is 9.76. The normalized spacial score (nSPS) is 18.6. The van der Waals surface area contributed by atoms with E-state index in [0.717, 1.165) is 35.3 Å². The minimum atomic E-state index is -1.14. The zero-order chi connectivity index (χ0) is 19.0. The Morgan fingerprint density at radius 1 is 1.40 bits per heavy atom. The van der Waals surface area contributed by atoms with Crippen molar-refractivity contribution in [1.82, 2.24) is 0 Å². The van der Waals surface area contributed by atoms with E-state index in [9.17, 15) is 9.32 Å². The maximum atomic E-state index is 12.7. The maximum absolute atomic E-state index is 12.7. The molecule has 0 N–H and O–H groups in total. The van der Waals surface area contributed by atoms with Crippen LogP contribution in [0.1, 0.15) is 76.0 Å². The summed E-state index contributed by atoms with van der Waals surface area (Å²) < 4.78 is 19.2. The Hall–Kier alpha value is -0.910. The van der Waals surface area contributed by atoms with E-state index in [0.29, 0.717) is 9.90 Å². The molecule has 1 aliphatic rings. The van der Waals surface area contributed by atoms with Crippen LogP contribution in [0.2, 0.25) is 4.34 Å². The average molecular weight is 389 g/mol. The third kappa shape index (κ3) is 4.83. The first-order chi connectivity index (χ1) is 11.4. The van der Waals surface area contributed by atoms with Crippen molar-refractivity contribution < 1.29 is 19.0 Å². The smallest absolute Gasteiger partial charge is 0.356 e. The molecule has 1 unspecified atom stereocenters. The molecule has 1 heterocycles. The number of rotatable bonds is 4. The first-order valence-corrected chi connectivity index (χ1v) is 9.63. The summed E-state index contributed by atoms with van der Waals surface area (Å²) >= 11 is 7.88. The third-order valence-corrected chi connectivity index (χ3v) is 5.73.